The zero-order valence-corrected chi connectivity index (χ0v) is 14.5. The Kier molecular flexibility index (Phi) is 6.97. The minimum Gasteiger partial charge on any atom is -0.381 e. The van der Waals surface area contributed by atoms with Crippen LogP contribution in [0.1, 0.15) is 65.7 Å². The summed E-state index contributed by atoms with van der Waals surface area (Å²) in [7, 11) is 0. The largest absolute Gasteiger partial charge is 0.381 e. The van der Waals surface area contributed by atoms with Gasteiger partial charge in [-0.1, -0.05) is 20.3 Å². The standard InChI is InChI=1S/C18H36N2O/c1-4-6-11-20(16(3)5-2)14-18(10-7-12-21-15-18)13-19-17-8-9-17/h16-17,19H,4-15H2,1-3H3. The number of nitrogens with zero attached hydrogens (tertiary/aromatic N) is 1. The van der Waals surface area contributed by atoms with Crippen LogP contribution in [0.25, 0.3) is 0 Å². The highest BCUT2D eigenvalue weighted by atomic mass is 16.5. The van der Waals surface area contributed by atoms with Crippen molar-refractivity contribution in [3.8, 4) is 0 Å². The van der Waals surface area contributed by atoms with E-state index in [4.69, 9.17) is 4.74 Å². The van der Waals surface area contributed by atoms with Gasteiger partial charge in [0.05, 0.1) is 6.61 Å². The number of hydrogen-bond donors (Lipinski definition) is 1. The van der Waals surface area contributed by atoms with E-state index in [0.29, 0.717) is 11.5 Å². The Morgan fingerprint density at radius 1 is 1.33 bits per heavy atom. The molecule has 0 amide bonds. The summed E-state index contributed by atoms with van der Waals surface area (Å²) < 4.78 is 5.89. The molecule has 0 radical (unpaired) electrons. The van der Waals surface area contributed by atoms with E-state index in [1.807, 2.05) is 0 Å². The Morgan fingerprint density at radius 2 is 2.14 bits per heavy atom. The summed E-state index contributed by atoms with van der Waals surface area (Å²) in [5.74, 6) is 0. The minimum atomic E-state index is 0.345. The van der Waals surface area contributed by atoms with Gasteiger partial charge in [0.1, 0.15) is 0 Å². The molecule has 3 heteroatoms. The zero-order chi connectivity index (χ0) is 15.1. The van der Waals surface area contributed by atoms with Crippen LogP contribution < -0.4 is 5.32 Å². The first kappa shape index (κ1) is 17.2. The van der Waals surface area contributed by atoms with E-state index < -0.39 is 0 Å². The van der Waals surface area contributed by atoms with Crippen LogP contribution in [0.15, 0.2) is 0 Å². The Morgan fingerprint density at radius 3 is 2.71 bits per heavy atom. The first-order valence-electron chi connectivity index (χ1n) is 9.24. The third-order valence-corrected chi connectivity index (χ3v) is 5.30. The van der Waals surface area contributed by atoms with Crippen LogP contribution in [0.4, 0.5) is 0 Å². The Labute approximate surface area is 131 Å². The van der Waals surface area contributed by atoms with E-state index in [2.05, 4.69) is 31.0 Å². The summed E-state index contributed by atoms with van der Waals surface area (Å²) >= 11 is 0. The van der Waals surface area contributed by atoms with Crippen molar-refractivity contribution >= 4 is 0 Å². The normalized spacial score (nSPS) is 28.0. The molecule has 2 atom stereocenters. The van der Waals surface area contributed by atoms with Crippen molar-refractivity contribution in [2.24, 2.45) is 5.41 Å². The van der Waals surface area contributed by atoms with E-state index >= 15 is 0 Å². The highest BCUT2D eigenvalue weighted by molar-refractivity contribution is 4.91. The molecule has 0 bridgehead atoms. The Hall–Kier alpha value is -0.120. The van der Waals surface area contributed by atoms with Gasteiger partial charge in [0.2, 0.25) is 0 Å². The van der Waals surface area contributed by atoms with Gasteiger partial charge in [-0.25, -0.2) is 0 Å². The van der Waals surface area contributed by atoms with Crippen LogP contribution in [0.5, 0.6) is 0 Å². The van der Waals surface area contributed by atoms with Crippen LogP contribution in [-0.4, -0.2) is 49.8 Å². The Bertz CT molecular complexity index is 285. The van der Waals surface area contributed by atoms with Crippen LogP contribution in [0.3, 0.4) is 0 Å². The van der Waals surface area contributed by atoms with Gasteiger partial charge in [-0.2, -0.15) is 0 Å². The molecule has 1 aliphatic carbocycles. The molecule has 0 aromatic rings. The smallest absolute Gasteiger partial charge is 0.0546 e. The van der Waals surface area contributed by atoms with Gasteiger partial charge in [-0.3, -0.25) is 4.90 Å². The summed E-state index contributed by atoms with van der Waals surface area (Å²) in [5, 5.41) is 3.78. The summed E-state index contributed by atoms with van der Waals surface area (Å²) in [6, 6.07) is 1.49. The van der Waals surface area contributed by atoms with E-state index in [1.165, 1.54) is 58.0 Å². The summed E-state index contributed by atoms with van der Waals surface area (Å²) in [6.45, 7) is 12.5. The van der Waals surface area contributed by atoms with Crippen LogP contribution in [0.2, 0.25) is 0 Å². The predicted molar refractivity (Wildman–Crippen MR) is 89.7 cm³/mol. The van der Waals surface area contributed by atoms with Crippen molar-refractivity contribution in [3.63, 3.8) is 0 Å². The van der Waals surface area contributed by atoms with Gasteiger partial charge in [-0.05, 0) is 52.0 Å². The van der Waals surface area contributed by atoms with Crippen molar-refractivity contribution in [2.75, 3.05) is 32.8 Å². The third-order valence-electron chi connectivity index (χ3n) is 5.30. The van der Waals surface area contributed by atoms with Gasteiger partial charge < -0.3 is 10.1 Å². The molecule has 2 fully saturated rings. The second-order valence-electron chi connectivity index (χ2n) is 7.39. The van der Waals surface area contributed by atoms with E-state index in [0.717, 1.165) is 25.8 Å². The van der Waals surface area contributed by atoms with Crippen LogP contribution in [0, 0.1) is 5.41 Å². The van der Waals surface area contributed by atoms with Gasteiger partial charge in [0, 0.05) is 37.2 Å². The number of ether oxygens (including phenoxy) is 1. The monoisotopic (exact) mass is 296 g/mol. The first-order chi connectivity index (χ1) is 10.2. The van der Waals surface area contributed by atoms with Crippen molar-refractivity contribution < 1.29 is 4.74 Å². The number of hydrogen-bond acceptors (Lipinski definition) is 3. The van der Waals surface area contributed by atoms with Crippen molar-refractivity contribution in [2.45, 2.75) is 77.8 Å². The molecular formula is C18H36N2O. The molecule has 0 spiro atoms. The summed E-state index contributed by atoms with van der Waals surface area (Å²) in [6.07, 6.45) is 9.16. The molecule has 1 saturated carbocycles. The fourth-order valence-electron chi connectivity index (χ4n) is 3.38. The van der Waals surface area contributed by atoms with E-state index in [9.17, 15) is 0 Å². The molecule has 0 aromatic heterocycles. The molecule has 1 N–H and O–H groups in total. The maximum Gasteiger partial charge on any atom is 0.0546 e. The fourth-order valence-corrected chi connectivity index (χ4v) is 3.38. The van der Waals surface area contributed by atoms with E-state index in [-0.39, 0.29) is 0 Å². The molecule has 2 rings (SSSR count). The molecule has 1 heterocycles. The van der Waals surface area contributed by atoms with Crippen molar-refractivity contribution in [1.29, 1.82) is 0 Å². The maximum absolute atomic E-state index is 5.89. The van der Waals surface area contributed by atoms with Gasteiger partial charge in [-0.15, -0.1) is 0 Å². The lowest BCUT2D eigenvalue weighted by molar-refractivity contribution is -0.0325. The molecule has 1 aliphatic heterocycles. The molecule has 1 saturated heterocycles. The first-order valence-corrected chi connectivity index (χ1v) is 9.24. The SMILES string of the molecule is CCCCN(CC1(CNC2CC2)CCCOC1)C(C)CC. The molecule has 124 valence electrons. The summed E-state index contributed by atoms with van der Waals surface area (Å²) in [5.41, 5.74) is 0.345. The molecule has 2 aliphatic rings. The topological polar surface area (TPSA) is 24.5 Å². The van der Waals surface area contributed by atoms with Crippen molar-refractivity contribution in [1.82, 2.24) is 10.2 Å². The van der Waals surface area contributed by atoms with Crippen molar-refractivity contribution in [3.05, 3.63) is 0 Å². The Balaban J connectivity index is 1.95. The fraction of sp³-hybridized carbons (Fsp3) is 1.00. The highest BCUT2D eigenvalue weighted by Gasteiger charge is 2.37. The minimum absolute atomic E-state index is 0.345. The summed E-state index contributed by atoms with van der Waals surface area (Å²) in [4.78, 5) is 2.73. The number of rotatable bonds is 10. The van der Waals surface area contributed by atoms with Crippen LogP contribution >= 0.6 is 0 Å². The maximum atomic E-state index is 5.89. The lowest BCUT2D eigenvalue weighted by Gasteiger charge is -2.43. The average Bonchev–Trinajstić information content (AvgIpc) is 3.34. The average molecular weight is 296 g/mol. The molecule has 3 nitrogen and oxygen atoms in total. The lowest BCUT2D eigenvalue weighted by atomic mass is 9.81. The van der Waals surface area contributed by atoms with Gasteiger partial charge in [0.15, 0.2) is 0 Å². The molecule has 0 aromatic carbocycles. The quantitative estimate of drug-likeness (QED) is 0.668. The van der Waals surface area contributed by atoms with Gasteiger partial charge in [0.25, 0.3) is 0 Å². The highest BCUT2D eigenvalue weighted by Crippen LogP contribution is 2.32. The number of unbranched alkanes of at least 4 members (excludes halogenated alkanes) is 1. The third kappa shape index (κ3) is 5.54. The zero-order valence-electron chi connectivity index (χ0n) is 14.5. The van der Waals surface area contributed by atoms with Crippen LogP contribution in [-0.2, 0) is 4.74 Å². The lowest BCUT2D eigenvalue weighted by Crippen LogP contribution is -2.51. The second-order valence-corrected chi connectivity index (χ2v) is 7.39. The van der Waals surface area contributed by atoms with E-state index in [1.54, 1.807) is 0 Å². The molecular weight excluding hydrogens is 260 g/mol. The van der Waals surface area contributed by atoms with Gasteiger partial charge >= 0.3 is 0 Å². The predicted octanol–water partition coefficient (Wildman–Crippen LogP) is 3.44. The molecule has 21 heavy (non-hydrogen) atoms. The molecule has 2 unspecified atom stereocenters. The second kappa shape index (κ2) is 8.50. The number of nitrogens with one attached hydrogen (secondary N) is 1.